The molecule has 0 amide bonds. The lowest BCUT2D eigenvalue weighted by molar-refractivity contribution is 0.282. The lowest BCUT2D eigenvalue weighted by Gasteiger charge is -2.08. The van der Waals surface area contributed by atoms with E-state index in [9.17, 15) is 8.78 Å². The zero-order valence-corrected chi connectivity index (χ0v) is 9.18. The summed E-state index contributed by atoms with van der Waals surface area (Å²) in [5.41, 5.74) is 0.983. The third-order valence-electron chi connectivity index (χ3n) is 2.32. The third kappa shape index (κ3) is 2.85. The van der Waals surface area contributed by atoms with Crippen LogP contribution in [0.3, 0.4) is 0 Å². The summed E-state index contributed by atoms with van der Waals surface area (Å²) in [6.45, 7) is 0. The van der Waals surface area contributed by atoms with Gasteiger partial charge in [-0.3, -0.25) is 0 Å². The molecular weight excluding hydrogens is 241 g/mol. The van der Waals surface area contributed by atoms with Crippen LogP contribution in [0.15, 0.2) is 42.5 Å². The Morgan fingerprint density at radius 3 is 2.28 bits per heavy atom. The minimum Gasteiger partial charge on any atom is -0.510 e. The second-order valence-corrected chi connectivity index (χ2v) is 3.60. The molecule has 0 aliphatic rings. The average molecular weight is 250 g/mol. The number of halogens is 2. The highest BCUT2D eigenvalue weighted by molar-refractivity contribution is 6.33. The van der Waals surface area contributed by atoms with E-state index in [2.05, 4.69) is 4.65 Å². The van der Waals surface area contributed by atoms with Crippen LogP contribution in [0.4, 0.5) is 8.78 Å². The maximum absolute atomic E-state index is 13.6. The molecule has 0 heterocycles. The van der Waals surface area contributed by atoms with E-state index in [-0.39, 0.29) is 5.75 Å². The molecule has 2 rings (SSSR count). The van der Waals surface area contributed by atoms with Gasteiger partial charge in [-0.2, -0.15) is 0 Å². The minimum atomic E-state index is -2.08. The van der Waals surface area contributed by atoms with Gasteiger partial charge in [0.25, 0.3) is 0 Å². The Morgan fingerprint density at radius 1 is 0.944 bits per heavy atom. The molecule has 0 fully saturated rings. The standard InChI is InChI=1S/C12H9BF2O3/c14-10-3-1-2-8(6-10)9-4-5-12(11(15)7-9)18-13(16)17/h1-7,16-17H. The van der Waals surface area contributed by atoms with E-state index in [4.69, 9.17) is 10.0 Å². The van der Waals surface area contributed by atoms with E-state index in [1.54, 1.807) is 6.07 Å². The molecule has 0 atom stereocenters. The Hall–Kier alpha value is -1.92. The fourth-order valence-corrected chi connectivity index (χ4v) is 1.56. The number of rotatable bonds is 3. The van der Waals surface area contributed by atoms with Crippen LogP contribution in [0.5, 0.6) is 5.75 Å². The molecule has 0 radical (unpaired) electrons. The van der Waals surface area contributed by atoms with Gasteiger partial charge in [-0.05, 0) is 35.4 Å². The van der Waals surface area contributed by atoms with Crippen LogP contribution in [0.1, 0.15) is 0 Å². The van der Waals surface area contributed by atoms with Gasteiger partial charge in [-0.1, -0.05) is 18.2 Å². The van der Waals surface area contributed by atoms with Crippen molar-refractivity contribution in [3.63, 3.8) is 0 Å². The summed E-state index contributed by atoms with van der Waals surface area (Å²) < 4.78 is 31.0. The lowest BCUT2D eigenvalue weighted by Crippen LogP contribution is -2.21. The SMILES string of the molecule is OB(O)Oc1ccc(-c2cccc(F)c2)cc1F. The quantitative estimate of drug-likeness (QED) is 0.819. The smallest absolute Gasteiger partial charge is 0.510 e. The summed E-state index contributed by atoms with van der Waals surface area (Å²) in [5.74, 6) is -1.46. The summed E-state index contributed by atoms with van der Waals surface area (Å²) in [4.78, 5) is 0. The van der Waals surface area contributed by atoms with E-state index >= 15 is 0 Å². The van der Waals surface area contributed by atoms with Crippen molar-refractivity contribution < 1.29 is 23.5 Å². The predicted octanol–water partition coefficient (Wildman–Crippen LogP) is 1.98. The minimum absolute atomic E-state index is 0.287. The number of benzene rings is 2. The van der Waals surface area contributed by atoms with Crippen LogP contribution in [0, 0.1) is 11.6 Å². The van der Waals surface area contributed by atoms with Gasteiger partial charge in [-0.15, -0.1) is 0 Å². The second-order valence-electron chi connectivity index (χ2n) is 3.60. The predicted molar refractivity (Wildman–Crippen MR) is 62.6 cm³/mol. The number of hydrogen-bond acceptors (Lipinski definition) is 3. The third-order valence-corrected chi connectivity index (χ3v) is 2.32. The molecule has 0 aliphatic heterocycles. The molecule has 2 N–H and O–H groups in total. The zero-order valence-electron chi connectivity index (χ0n) is 9.18. The van der Waals surface area contributed by atoms with Crippen molar-refractivity contribution in [2.45, 2.75) is 0 Å². The van der Waals surface area contributed by atoms with Crippen LogP contribution in [0.25, 0.3) is 11.1 Å². The summed E-state index contributed by atoms with van der Waals surface area (Å²) in [6.07, 6.45) is 0. The Balaban J connectivity index is 2.34. The van der Waals surface area contributed by atoms with Crippen LogP contribution in [-0.4, -0.2) is 17.4 Å². The van der Waals surface area contributed by atoms with Crippen molar-refractivity contribution in [2.75, 3.05) is 0 Å². The Bertz CT molecular complexity index is 561. The molecule has 3 nitrogen and oxygen atoms in total. The van der Waals surface area contributed by atoms with Gasteiger partial charge in [0.15, 0.2) is 5.82 Å². The Labute approximate surface area is 102 Å². The van der Waals surface area contributed by atoms with Crippen molar-refractivity contribution in [1.29, 1.82) is 0 Å². The number of hydrogen-bond donors (Lipinski definition) is 2. The van der Waals surface area contributed by atoms with Crippen molar-refractivity contribution in [3.05, 3.63) is 54.1 Å². The van der Waals surface area contributed by atoms with Crippen LogP contribution in [0.2, 0.25) is 0 Å². The lowest BCUT2D eigenvalue weighted by atomic mass is 10.1. The van der Waals surface area contributed by atoms with Crippen LogP contribution < -0.4 is 4.65 Å². The first-order valence-corrected chi connectivity index (χ1v) is 5.14. The molecular formula is C12H9BF2O3. The molecule has 0 bridgehead atoms. The highest BCUT2D eigenvalue weighted by atomic mass is 19.1. The van der Waals surface area contributed by atoms with E-state index in [1.165, 1.54) is 30.3 Å². The monoisotopic (exact) mass is 250 g/mol. The second kappa shape index (κ2) is 5.16. The zero-order chi connectivity index (χ0) is 13.1. The first-order valence-electron chi connectivity index (χ1n) is 5.14. The molecule has 92 valence electrons. The Kier molecular flexibility index (Phi) is 3.59. The van der Waals surface area contributed by atoms with Crippen molar-refractivity contribution >= 4 is 7.32 Å². The first-order chi connectivity index (χ1) is 8.56. The van der Waals surface area contributed by atoms with Gasteiger partial charge in [-0.25, -0.2) is 8.78 Å². The van der Waals surface area contributed by atoms with Gasteiger partial charge in [0.1, 0.15) is 11.6 Å². The summed E-state index contributed by atoms with van der Waals surface area (Å²) in [7, 11) is -2.08. The van der Waals surface area contributed by atoms with Crippen LogP contribution in [-0.2, 0) is 0 Å². The molecule has 0 spiro atoms. The van der Waals surface area contributed by atoms with E-state index in [1.807, 2.05) is 0 Å². The largest absolute Gasteiger partial charge is 0.707 e. The summed E-state index contributed by atoms with van der Waals surface area (Å²) in [5, 5.41) is 17.1. The highest BCUT2D eigenvalue weighted by Gasteiger charge is 2.15. The molecule has 0 aliphatic carbocycles. The fourth-order valence-electron chi connectivity index (χ4n) is 1.56. The van der Waals surface area contributed by atoms with Crippen LogP contribution >= 0.6 is 0 Å². The maximum Gasteiger partial charge on any atom is 0.707 e. The van der Waals surface area contributed by atoms with Crippen molar-refractivity contribution in [1.82, 2.24) is 0 Å². The van der Waals surface area contributed by atoms with Gasteiger partial charge in [0.05, 0.1) is 0 Å². The molecule has 0 saturated carbocycles. The van der Waals surface area contributed by atoms with Gasteiger partial charge in [0, 0.05) is 0 Å². The average Bonchev–Trinajstić information content (AvgIpc) is 2.31. The molecule has 6 heteroatoms. The molecule has 2 aromatic carbocycles. The normalized spacial score (nSPS) is 10.2. The molecule has 0 saturated heterocycles. The fraction of sp³-hybridized carbons (Fsp3) is 0. The maximum atomic E-state index is 13.6. The topological polar surface area (TPSA) is 49.7 Å². The van der Waals surface area contributed by atoms with E-state index in [0.29, 0.717) is 11.1 Å². The van der Waals surface area contributed by atoms with Crippen molar-refractivity contribution in [3.8, 4) is 16.9 Å². The van der Waals surface area contributed by atoms with E-state index in [0.717, 1.165) is 6.07 Å². The molecule has 2 aromatic rings. The summed E-state index contributed by atoms with van der Waals surface area (Å²) >= 11 is 0. The van der Waals surface area contributed by atoms with Gasteiger partial charge < -0.3 is 14.7 Å². The van der Waals surface area contributed by atoms with Gasteiger partial charge in [0.2, 0.25) is 0 Å². The molecule has 0 aromatic heterocycles. The Morgan fingerprint density at radius 2 is 1.67 bits per heavy atom. The van der Waals surface area contributed by atoms with Crippen molar-refractivity contribution in [2.24, 2.45) is 0 Å². The molecule has 0 unspecified atom stereocenters. The van der Waals surface area contributed by atoms with E-state index < -0.39 is 19.0 Å². The van der Waals surface area contributed by atoms with Gasteiger partial charge >= 0.3 is 7.32 Å². The first kappa shape index (κ1) is 12.5. The summed E-state index contributed by atoms with van der Waals surface area (Å²) in [6, 6.07) is 9.59. The molecule has 18 heavy (non-hydrogen) atoms. The highest BCUT2D eigenvalue weighted by Crippen LogP contribution is 2.26.